The summed E-state index contributed by atoms with van der Waals surface area (Å²) >= 11 is 3.84. The quantitative estimate of drug-likeness (QED) is 0.143. The molecule has 0 aromatic heterocycles. The average Bonchev–Trinajstić information content (AvgIpc) is 2.58. The Morgan fingerprint density at radius 2 is 1.25 bits per heavy atom. The molecule has 0 aromatic rings. The topological polar surface area (TPSA) is 237 Å². The number of nitrogens with one attached hydrogen (secondary N) is 3. The van der Waals surface area contributed by atoms with E-state index in [0.29, 0.717) is 0 Å². The normalized spacial score (nSPS) is 14.7. The number of rotatable bonds is 12. The molecule has 0 spiro atoms. The van der Waals surface area contributed by atoms with Crippen molar-refractivity contribution in [2.45, 2.75) is 43.9 Å². The van der Waals surface area contributed by atoms with E-state index in [2.05, 4.69) is 28.6 Å². The first-order valence-electron chi connectivity index (χ1n) is 7.96. The number of thiol groups is 1. The maximum Gasteiger partial charge on any atom is 0.325 e. The van der Waals surface area contributed by atoms with Crippen molar-refractivity contribution in [3.63, 3.8) is 0 Å². The highest BCUT2D eigenvalue weighted by Gasteiger charge is 2.30. The molecule has 0 aliphatic rings. The van der Waals surface area contributed by atoms with E-state index in [1.54, 1.807) is 0 Å². The standard InChI is InChI=1S/C14H24N6O7S/c1-5(14(26)27)18-12(24)7(2-9(16)21)20-13(25)8(3-10(17)22)19-11(23)6(15)4-28/h5-8,28H,2-4,15H2,1H3,(H2,16,21)(H2,17,22)(H,18,24)(H,19,23)(H,20,25)(H,26,27). The predicted molar refractivity (Wildman–Crippen MR) is 98.6 cm³/mol. The fraction of sp³-hybridized carbons (Fsp3) is 0.571. The number of carbonyl (C=O) groups is 6. The number of aliphatic carboxylic acids is 1. The molecule has 0 saturated heterocycles. The first-order valence-corrected chi connectivity index (χ1v) is 8.59. The summed E-state index contributed by atoms with van der Waals surface area (Å²) in [4.78, 5) is 69.6. The molecule has 10 N–H and O–H groups in total. The minimum absolute atomic E-state index is 0.0451. The van der Waals surface area contributed by atoms with Gasteiger partial charge < -0.3 is 38.3 Å². The minimum atomic E-state index is -1.54. The van der Waals surface area contributed by atoms with Crippen LogP contribution in [0.5, 0.6) is 0 Å². The molecule has 158 valence electrons. The Kier molecular flexibility index (Phi) is 10.6. The van der Waals surface area contributed by atoms with Crippen LogP contribution in [0, 0.1) is 0 Å². The lowest BCUT2D eigenvalue weighted by molar-refractivity contribution is -0.142. The summed E-state index contributed by atoms with van der Waals surface area (Å²) < 4.78 is 0. The third kappa shape index (κ3) is 9.18. The van der Waals surface area contributed by atoms with Crippen molar-refractivity contribution in [3.05, 3.63) is 0 Å². The summed E-state index contributed by atoms with van der Waals surface area (Å²) in [5.74, 6) is -6.12. The zero-order valence-corrected chi connectivity index (χ0v) is 15.9. The Morgan fingerprint density at radius 1 is 0.857 bits per heavy atom. The lowest BCUT2D eigenvalue weighted by atomic mass is 10.1. The molecule has 5 amide bonds. The van der Waals surface area contributed by atoms with E-state index >= 15 is 0 Å². The number of nitrogens with two attached hydrogens (primary N) is 3. The molecule has 0 aliphatic carbocycles. The molecule has 0 fully saturated rings. The Hall–Kier alpha value is -2.87. The van der Waals surface area contributed by atoms with E-state index < -0.39 is 72.5 Å². The van der Waals surface area contributed by atoms with Gasteiger partial charge in [-0.25, -0.2) is 0 Å². The molecule has 0 saturated carbocycles. The average molecular weight is 420 g/mol. The van der Waals surface area contributed by atoms with E-state index in [0.717, 1.165) is 0 Å². The number of amides is 5. The van der Waals surface area contributed by atoms with E-state index in [4.69, 9.17) is 22.3 Å². The maximum atomic E-state index is 12.4. The molecule has 0 radical (unpaired) electrons. The Bertz CT molecular complexity index is 644. The smallest absolute Gasteiger partial charge is 0.325 e. The Balaban J connectivity index is 5.35. The predicted octanol–water partition coefficient (Wildman–Crippen LogP) is -4.45. The monoisotopic (exact) mass is 420 g/mol. The first kappa shape index (κ1) is 25.1. The van der Waals surface area contributed by atoms with Crippen LogP contribution in [0.15, 0.2) is 0 Å². The van der Waals surface area contributed by atoms with Crippen LogP contribution in [0.25, 0.3) is 0 Å². The van der Waals surface area contributed by atoms with E-state index in [1.165, 1.54) is 6.92 Å². The molecule has 4 atom stereocenters. The zero-order valence-electron chi connectivity index (χ0n) is 15.0. The number of carboxylic acids is 1. The van der Waals surface area contributed by atoms with Gasteiger partial charge in [-0.15, -0.1) is 0 Å². The van der Waals surface area contributed by atoms with Gasteiger partial charge in [-0.05, 0) is 6.92 Å². The maximum absolute atomic E-state index is 12.4. The van der Waals surface area contributed by atoms with Gasteiger partial charge in [0.1, 0.15) is 18.1 Å². The largest absolute Gasteiger partial charge is 0.480 e. The molecular formula is C14H24N6O7S. The van der Waals surface area contributed by atoms with Gasteiger partial charge in [0.05, 0.1) is 18.9 Å². The molecule has 4 unspecified atom stereocenters. The highest BCUT2D eigenvalue weighted by atomic mass is 32.1. The summed E-state index contributed by atoms with van der Waals surface area (Å²) in [6.45, 7) is 1.17. The Morgan fingerprint density at radius 3 is 1.61 bits per heavy atom. The van der Waals surface area contributed by atoms with Crippen molar-refractivity contribution in [2.24, 2.45) is 17.2 Å². The van der Waals surface area contributed by atoms with E-state index in [1.807, 2.05) is 0 Å². The van der Waals surface area contributed by atoms with Gasteiger partial charge in [-0.1, -0.05) is 0 Å². The molecule has 0 aromatic carbocycles. The van der Waals surface area contributed by atoms with Crippen LogP contribution in [0.3, 0.4) is 0 Å². The van der Waals surface area contributed by atoms with Gasteiger partial charge in [0.2, 0.25) is 29.5 Å². The van der Waals surface area contributed by atoms with Gasteiger partial charge in [-0.2, -0.15) is 12.6 Å². The van der Waals surface area contributed by atoms with Crippen molar-refractivity contribution >= 4 is 48.1 Å². The van der Waals surface area contributed by atoms with Crippen LogP contribution in [0.4, 0.5) is 0 Å². The third-order valence-electron chi connectivity index (χ3n) is 3.34. The second-order valence-electron chi connectivity index (χ2n) is 5.82. The van der Waals surface area contributed by atoms with Crippen molar-refractivity contribution in [1.29, 1.82) is 0 Å². The first-order chi connectivity index (χ1) is 12.9. The summed E-state index contributed by atoms with van der Waals surface area (Å²) in [7, 11) is 0. The summed E-state index contributed by atoms with van der Waals surface area (Å²) in [5.41, 5.74) is 15.6. The van der Waals surface area contributed by atoms with Crippen LogP contribution >= 0.6 is 12.6 Å². The van der Waals surface area contributed by atoms with Crippen LogP contribution in [0.2, 0.25) is 0 Å². The summed E-state index contributed by atoms with van der Waals surface area (Å²) in [6, 6.07) is -5.42. The molecule has 13 nitrogen and oxygen atoms in total. The van der Waals surface area contributed by atoms with Gasteiger partial charge in [0.25, 0.3) is 0 Å². The van der Waals surface area contributed by atoms with Crippen LogP contribution in [-0.2, 0) is 28.8 Å². The van der Waals surface area contributed by atoms with Crippen LogP contribution in [0.1, 0.15) is 19.8 Å². The van der Waals surface area contributed by atoms with Crippen molar-refractivity contribution in [3.8, 4) is 0 Å². The van der Waals surface area contributed by atoms with Gasteiger partial charge in [0.15, 0.2) is 0 Å². The molecular weight excluding hydrogens is 396 g/mol. The molecule has 0 bridgehead atoms. The van der Waals surface area contributed by atoms with Gasteiger partial charge >= 0.3 is 5.97 Å². The van der Waals surface area contributed by atoms with Crippen molar-refractivity contribution in [2.75, 3.05) is 5.75 Å². The number of hydrogen-bond donors (Lipinski definition) is 8. The SMILES string of the molecule is CC(NC(=O)C(CC(N)=O)NC(=O)C(CC(N)=O)NC(=O)C(N)CS)C(=O)O. The lowest BCUT2D eigenvalue weighted by Gasteiger charge is -2.23. The summed E-state index contributed by atoms with van der Waals surface area (Å²) in [5, 5.41) is 15.2. The van der Waals surface area contributed by atoms with Gasteiger partial charge in [-0.3, -0.25) is 28.8 Å². The minimum Gasteiger partial charge on any atom is -0.480 e. The number of primary amides is 2. The zero-order chi connectivity index (χ0) is 22.0. The molecule has 0 heterocycles. The third-order valence-corrected chi connectivity index (χ3v) is 3.73. The highest BCUT2D eigenvalue weighted by Crippen LogP contribution is 2.00. The Labute approximate surface area is 165 Å². The summed E-state index contributed by atoms with van der Waals surface area (Å²) in [6.07, 6.45) is -1.27. The molecule has 14 heteroatoms. The van der Waals surface area contributed by atoms with E-state index in [-0.39, 0.29) is 5.75 Å². The fourth-order valence-electron chi connectivity index (χ4n) is 1.83. The highest BCUT2D eigenvalue weighted by molar-refractivity contribution is 7.80. The van der Waals surface area contributed by atoms with E-state index in [9.17, 15) is 28.8 Å². The number of carboxylic acid groups (broad SMARTS) is 1. The van der Waals surface area contributed by atoms with Crippen molar-refractivity contribution < 1.29 is 33.9 Å². The van der Waals surface area contributed by atoms with Crippen molar-refractivity contribution in [1.82, 2.24) is 16.0 Å². The molecule has 0 aliphatic heterocycles. The second kappa shape index (κ2) is 11.8. The number of carbonyl (C=O) groups excluding carboxylic acids is 5. The van der Waals surface area contributed by atoms with Crippen LogP contribution in [-0.4, -0.2) is 70.5 Å². The molecule has 28 heavy (non-hydrogen) atoms. The van der Waals surface area contributed by atoms with Crippen LogP contribution < -0.4 is 33.2 Å². The number of hydrogen-bond acceptors (Lipinski definition) is 8. The molecule has 0 rings (SSSR count). The lowest BCUT2D eigenvalue weighted by Crippen LogP contribution is -2.58. The fourth-order valence-corrected chi connectivity index (χ4v) is 2.00. The second-order valence-corrected chi connectivity index (χ2v) is 6.19. The van der Waals surface area contributed by atoms with Gasteiger partial charge in [0, 0.05) is 5.75 Å².